The molecule has 0 bridgehead atoms. The van der Waals surface area contributed by atoms with Crippen LogP contribution in [0.25, 0.3) is 0 Å². The summed E-state index contributed by atoms with van der Waals surface area (Å²) in [7, 11) is -2.77. The molecule has 5 heteroatoms. The molecule has 2 unspecified atom stereocenters. The number of sulfone groups is 1. The van der Waals surface area contributed by atoms with Crippen LogP contribution >= 0.6 is 0 Å². The summed E-state index contributed by atoms with van der Waals surface area (Å²) in [5.41, 5.74) is 5.81. The van der Waals surface area contributed by atoms with E-state index in [0.717, 1.165) is 19.4 Å². The maximum absolute atomic E-state index is 11.5. The van der Waals surface area contributed by atoms with Crippen molar-refractivity contribution in [3.63, 3.8) is 0 Å². The molecule has 2 rings (SSSR count). The molecule has 2 atom stereocenters. The van der Waals surface area contributed by atoms with Gasteiger partial charge in [0.25, 0.3) is 0 Å². The summed E-state index contributed by atoms with van der Waals surface area (Å²) in [6.07, 6.45) is 5.61. The van der Waals surface area contributed by atoms with Crippen LogP contribution in [0.4, 0.5) is 0 Å². The Hall–Kier alpha value is -0.130. The topological polar surface area (TPSA) is 63.4 Å². The number of likely N-dealkylation sites (tertiary alicyclic amines) is 1. The van der Waals surface area contributed by atoms with Crippen LogP contribution in [0.3, 0.4) is 0 Å². The van der Waals surface area contributed by atoms with Gasteiger partial charge in [-0.05, 0) is 25.8 Å². The quantitative estimate of drug-likeness (QED) is 0.765. The Morgan fingerprint density at radius 1 is 1.19 bits per heavy atom. The highest BCUT2D eigenvalue weighted by molar-refractivity contribution is 7.91. The predicted octanol–water partition coefficient (Wildman–Crippen LogP) is 0.377. The van der Waals surface area contributed by atoms with E-state index < -0.39 is 9.84 Å². The first kappa shape index (κ1) is 12.3. The number of hydrogen-bond donors (Lipinski definition) is 1. The molecule has 0 spiro atoms. The molecular weight excluding hydrogens is 224 g/mol. The Labute approximate surface area is 98.1 Å². The van der Waals surface area contributed by atoms with Gasteiger partial charge in [-0.15, -0.1) is 0 Å². The molecule has 2 aliphatic rings. The van der Waals surface area contributed by atoms with Crippen LogP contribution in [-0.2, 0) is 9.84 Å². The van der Waals surface area contributed by atoms with Crippen molar-refractivity contribution in [2.24, 2.45) is 5.73 Å². The van der Waals surface area contributed by atoms with Gasteiger partial charge in [-0.1, -0.05) is 12.8 Å². The average molecular weight is 246 g/mol. The van der Waals surface area contributed by atoms with Gasteiger partial charge in [0, 0.05) is 18.6 Å². The molecule has 2 N–H and O–H groups in total. The molecule has 0 amide bonds. The van der Waals surface area contributed by atoms with Crippen LogP contribution < -0.4 is 5.73 Å². The number of nitrogens with two attached hydrogens (primary N) is 1. The molecule has 2 fully saturated rings. The molecule has 94 valence electrons. The number of nitrogens with zero attached hydrogens (tertiary/aromatic N) is 1. The minimum Gasteiger partial charge on any atom is -0.329 e. The monoisotopic (exact) mass is 246 g/mol. The summed E-state index contributed by atoms with van der Waals surface area (Å²) in [5.74, 6) is 0.717. The summed E-state index contributed by atoms with van der Waals surface area (Å²) >= 11 is 0. The Balaban J connectivity index is 2.05. The van der Waals surface area contributed by atoms with Gasteiger partial charge < -0.3 is 5.73 Å². The normalized spacial score (nSPS) is 36.1. The van der Waals surface area contributed by atoms with E-state index >= 15 is 0 Å². The summed E-state index contributed by atoms with van der Waals surface area (Å²) in [6.45, 7) is 1.69. The standard InChI is InChI=1S/C11H22N2O2S/c12-8-10-4-2-1-3-6-13(10)11-5-7-16(14,15)9-11/h10-11H,1-9,12H2. The average Bonchev–Trinajstić information content (AvgIpc) is 2.50. The lowest BCUT2D eigenvalue weighted by molar-refractivity contribution is 0.153. The Morgan fingerprint density at radius 2 is 2.00 bits per heavy atom. The predicted molar refractivity (Wildman–Crippen MR) is 65.1 cm³/mol. The van der Waals surface area contributed by atoms with Crippen molar-refractivity contribution in [3.05, 3.63) is 0 Å². The smallest absolute Gasteiger partial charge is 0.151 e. The van der Waals surface area contributed by atoms with Crippen molar-refractivity contribution in [3.8, 4) is 0 Å². The second kappa shape index (κ2) is 5.02. The first-order valence-electron chi connectivity index (χ1n) is 6.28. The zero-order chi connectivity index (χ0) is 11.6. The highest BCUT2D eigenvalue weighted by Gasteiger charge is 2.35. The summed E-state index contributed by atoms with van der Waals surface area (Å²) < 4.78 is 23.0. The van der Waals surface area contributed by atoms with Crippen LogP contribution in [0.1, 0.15) is 32.1 Å². The van der Waals surface area contributed by atoms with Crippen molar-refractivity contribution in [2.45, 2.75) is 44.2 Å². The van der Waals surface area contributed by atoms with Crippen LogP contribution in [0.15, 0.2) is 0 Å². The van der Waals surface area contributed by atoms with Crippen molar-refractivity contribution in [2.75, 3.05) is 24.6 Å². The molecule has 2 saturated heterocycles. The summed E-state index contributed by atoms with van der Waals surface area (Å²) in [5, 5.41) is 0. The molecule has 2 heterocycles. The van der Waals surface area contributed by atoms with Crippen molar-refractivity contribution < 1.29 is 8.42 Å². The number of rotatable bonds is 2. The third-order valence-electron chi connectivity index (χ3n) is 3.87. The summed E-state index contributed by atoms with van der Waals surface area (Å²) in [4.78, 5) is 2.37. The molecule has 4 nitrogen and oxygen atoms in total. The van der Waals surface area contributed by atoms with Crippen LogP contribution in [-0.4, -0.2) is 50.0 Å². The minimum atomic E-state index is -2.77. The first-order chi connectivity index (χ1) is 7.62. The van der Waals surface area contributed by atoms with Gasteiger partial charge in [0.2, 0.25) is 0 Å². The molecule has 0 aromatic heterocycles. The van der Waals surface area contributed by atoms with Gasteiger partial charge in [0.05, 0.1) is 11.5 Å². The fourth-order valence-corrected chi connectivity index (χ4v) is 4.71. The van der Waals surface area contributed by atoms with E-state index in [1.54, 1.807) is 0 Å². The van der Waals surface area contributed by atoms with E-state index in [4.69, 9.17) is 5.73 Å². The Morgan fingerprint density at radius 3 is 2.62 bits per heavy atom. The second-order valence-electron chi connectivity index (χ2n) is 5.03. The van der Waals surface area contributed by atoms with Crippen LogP contribution in [0.5, 0.6) is 0 Å². The van der Waals surface area contributed by atoms with Crippen LogP contribution in [0, 0.1) is 0 Å². The SMILES string of the molecule is NCC1CCCCCN1C1CCS(=O)(=O)C1. The highest BCUT2D eigenvalue weighted by Crippen LogP contribution is 2.24. The van der Waals surface area contributed by atoms with Gasteiger partial charge >= 0.3 is 0 Å². The fourth-order valence-electron chi connectivity index (χ4n) is 2.97. The largest absolute Gasteiger partial charge is 0.329 e. The lowest BCUT2D eigenvalue weighted by Crippen LogP contribution is -2.47. The molecule has 0 saturated carbocycles. The Kier molecular flexibility index (Phi) is 3.87. The van der Waals surface area contributed by atoms with Gasteiger partial charge in [-0.2, -0.15) is 0 Å². The van der Waals surface area contributed by atoms with E-state index in [0.29, 0.717) is 24.1 Å². The molecule has 0 aliphatic carbocycles. The molecule has 0 aromatic rings. The maximum atomic E-state index is 11.5. The molecule has 0 radical (unpaired) electrons. The van der Waals surface area contributed by atoms with Crippen molar-refractivity contribution in [1.29, 1.82) is 0 Å². The number of hydrogen-bond acceptors (Lipinski definition) is 4. The lowest BCUT2D eigenvalue weighted by Gasteiger charge is -2.33. The fraction of sp³-hybridized carbons (Fsp3) is 1.00. The third-order valence-corrected chi connectivity index (χ3v) is 5.62. The van der Waals surface area contributed by atoms with Crippen molar-refractivity contribution in [1.82, 2.24) is 4.90 Å². The lowest BCUT2D eigenvalue weighted by atomic mass is 10.1. The molecule has 2 aliphatic heterocycles. The molecular formula is C11H22N2O2S. The van der Waals surface area contributed by atoms with E-state index in [9.17, 15) is 8.42 Å². The Bertz CT molecular complexity index is 329. The third kappa shape index (κ3) is 2.76. The van der Waals surface area contributed by atoms with E-state index in [2.05, 4.69) is 4.90 Å². The summed E-state index contributed by atoms with van der Waals surface area (Å²) in [6, 6.07) is 0.637. The first-order valence-corrected chi connectivity index (χ1v) is 8.11. The highest BCUT2D eigenvalue weighted by atomic mass is 32.2. The molecule has 0 aromatic carbocycles. The van der Waals surface area contributed by atoms with Gasteiger partial charge in [-0.25, -0.2) is 8.42 Å². The second-order valence-corrected chi connectivity index (χ2v) is 7.26. The zero-order valence-electron chi connectivity index (χ0n) is 9.77. The van der Waals surface area contributed by atoms with Gasteiger partial charge in [-0.3, -0.25) is 4.90 Å². The zero-order valence-corrected chi connectivity index (χ0v) is 10.6. The van der Waals surface area contributed by atoms with Crippen molar-refractivity contribution >= 4 is 9.84 Å². The van der Waals surface area contributed by atoms with Gasteiger partial charge in [0.1, 0.15) is 0 Å². The molecule has 16 heavy (non-hydrogen) atoms. The van der Waals surface area contributed by atoms with Crippen LogP contribution in [0.2, 0.25) is 0 Å². The van der Waals surface area contributed by atoms with Gasteiger partial charge in [0.15, 0.2) is 9.84 Å². The van der Waals surface area contributed by atoms with E-state index in [1.807, 2.05) is 0 Å². The maximum Gasteiger partial charge on any atom is 0.151 e. The van der Waals surface area contributed by atoms with E-state index in [-0.39, 0.29) is 6.04 Å². The minimum absolute atomic E-state index is 0.233. The van der Waals surface area contributed by atoms with E-state index in [1.165, 1.54) is 19.3 Å².